The van der Waals surface area contributed by atoms with Crippen LogP contribution in [0, 0.1) is 5.82 Å². The Morgan fingerprint density at radius 3 is 2.56 bits per heavy atom. The number of hydrogen-bond donors (Lipinski definition) is 0. The first-order valence-corrected chi connectivity index (χ1v) is 5.87. The van der Waals surface area contributed by atoms with Gasteiger partial charge in [-0.15, -0.1) is 0 Å². The highest BCUT2D eigenvalue weighted by Crippen LogP contribution is 2.24. The lowest BCUT2D eigenvalue weighted by Gasteiger charge is -2.14. The molecule has 1 aliphatic rings. The van der Waals surface area contributed by atoms with E-state index in [4.69, 9.17) is 16.3 Å². The van der Waals surface area contributed by atoms with Gasteiger partial charge in [0.2, 0.25) is 11.8 Å². The molecule has 1 saturated heterocycles. The summed E-state index contributed by atoms with van der Waals surface area (Å²) in [5, 5.41) is 0.161. The van der Waals surface area contributed by atoms with Crippen LogP contribution >= 0.6 is 11.6 Å². The van der Waals surface area contributed by atoms with Crippen molar-refractivity contribution in [2.75, 3.05) is 13.2 Å². The summed E-state index contributed by atoms with van der Waals surface area (Å²) in [6.45, 7) is 0.328. The van der Waals surface area contributed by atoms with Gasteiger partial charge in [-0.1, -0.05) is 11.6 Å². The van der Waals surface area contributed by atoms with Gasteiger partial charge in [0.05, 0.1) is 11.6 Å². The molecule has 2 rings (SSSR count). The van der Waals surface area contributed by atoms with E-state index in [0.29, 0.717) is 5.75 Å². The minimum Gasteiger partial charge on any atom is -0.490 e. The summed E-state index contributed by atoms with van der Waals surface area (Å²) in [6.07, 6.45) is 0.520. The van der Waals surface area contributed by atoms with Crippen LogP contribution in [-0.4, -0.2) is 29.9 Å². The van der Waals surface area contributed by atoms with Crippen LogP contribution in [0.4, 0.5) is 4.39 Å². The maximum atomic E-state index is 12.8. The number of rotatable bonds is 4. The van der Waals surface area contributed by atoms with E-state index in [9.17, 15) is 14.0 Å². The monoisotopic (exact) mass is 271 g/mol. The van der Waals surface area contributed by atoms with Gasteiger partial charge in [0, 0.05) is 12.8 Å². The van der Waals surface area contributed by atoms with Crippen molar-refractivity contribution >= 4 is 23.4 Å². The Morgan fingerprint density at radius 1 is 1.28 bits per heavy atom. The van der Waals surface area contributed by atoms with Gasteiger partial charge in [-0.05, 0) is 18.2 Å². The van der Waals surface area contributed by atoms with Crippen LogP contribution in [0.15, 0.2) is 18.2 Å². The Kier molecular flexibility index (Phi) is 3.81. The zero-order valence-electron chi connectivity index (χ0n) is 9.49. The van der Waals surface area contributed by atoms with Crippen LogP contribution in [0.3, 0.4) is 0 Å². The summed E-state index contributed by atoms with van der Waals surface area (Å²) in [6, 6.07) is 3.78. The fourth-order valence-corrected chi connectivity index (χ4v) is 1.93. The molecule has 2 amide bonds. The molecule has 96 valence electrons. The third kappa shape index (κ3) is 2.79. The summed E-state index contributed by atoms with van der Waals surface area (Å²) in [5.74, 6) is -0.489. The number of halogens is 2. The zero-order valence-corrected chi connectivity index (χ0v) is 10.2. The number of imide groups is 1. The normalized spacial score (nSPS) is 15.3. The molecule has 0 bridgehead atoms. The fraction of sp³-hybridized carbons (Fsp3) is 0.333. The van der Waals surface area contributed by atoms with E-state index in [0.717, 1.165) is 11.0 Å². The fourth-order valence-electron chi connectivity index (χ4n) is 1.71. The molecule has 1 fully saturated rings. The summed E-state index contributed by atoms with van der Waals surface area (Å²) >= 11 is 5.77. The first kappa shape index (κ1) is 12.8. The molecule has 1 heterocycles. The molecule has 1 aromatic carbocycles. The van der Waals surface area contributed by atoms with E-state index < -0.39 is 5.82 Å². The molecule has 0 saturated carbocycles. The predicted molar refractivity (Wildman–Crippen MR) is 62.9 cm³/mol. The van der Waals surface area contributed by atoms with Crippen molar-refractivity contribution in [1.82, 2.24) is 4.90 Å². The molecule has 0 radical (unpaired) electrons. The number of amides is 2. The number of hydrogen-bond acceptors (Lipinski definition) is 3. The van der Waals surface area contributed by atoms with E-state index in [1.54, 1.807) is 0 Å². The molecule has 6 heteroatoms. The topological polar surface area (TPSA) is 46.6 Å². The number of nitrogens with zero attached hydrogens (tertiary/aromatic N) is 1. The molecule has 1 aromatic rings. The number of ether oxygens (including phenoxy) is 1. The average molecular weight is 272 g/mol. The molecule has 0 atom stereocenters. The van der Waals surface area contributed by atoms with Gasteiger partial charge in [0.15, 0.2) is 0 Å². The Balaban J connectivity index is 1.88. The SMILES string of the molecule is O=C1CCC(=O)N1CCOc1ccc(F)cc1Cl. The largest absolute Gasteiger partial charge is 0.490 e. The maximum absolute atomic E-state index is 12.8. The van der Waals surface area contributed by atoms with Gasteiger partial charge in [-0.3, -0.25) is 14.5 Å². The van der Waals surface area contributed by atoms with Crippen molar-refractivity contribution in [2.24, 2.45) is 0 Å². The predicted octanol–water partition coefficient (Wildman–Crippen LogP) is 2.01. The van der Waals surface area contributed by atoms with E-state index in [1.807, 2.05) is 0 Å². The van der Waals surface area contributed by atoms with Crippen LogP contribution < -0.4 is 4.74 Å². The van der Waals surface area contributed by atoms with Crippen molar-refractivity contribution in [2.45, 2.75) is 12.8 Å². The molecular weight excluding hydrogens is 261 g/mol. The molecule has 0 spiro atoms. The third-order valence-electron chi connectivity index (χ3n) is 2.62. The van der Waals surface area contributed by atoms with Gasteiger partial charge in [0.1, 0.15) is 18.2 Å². The molecule has 0 unspecified atom stereocenters. The molecule has 0 aromatic heterocycles. The summed E-state index contributed by atoms with van der Waals surface area (Å²) in [4.78, 5) is 23.8. The number of carbonyl (C=O) groups excluding carboxylic acids is 2. The van der Waals surface area contributed by atoms with Gasteiger partial charge in [0.25, 0.3) is 0 Å². The second kappa shape index (κ2) is 5.35. The Morgan fingerprint density at radius 2 is 1.94 bits per heavy atom. The zero-order chi connectivity index (χ0) is 13.1. The molecule has 4 nitrogen and oxygen atoms in total. The van der Waals surface area contributed by atoms with Crippen LogP contribution in [0.2, 0.25) is 5.02 Å². The Bertz CT molecular complexity index is 476. The highest BCUT2D eigenvalue weighted by Gasteiger charge is 2.28. The third-order valence-corrected chi connectivity index (χ3v) is 2.92. The molecular formula is C12H11ClFNO3. The van der Waals surface area contributed by atoms with Crippen molar-refractivity contribution in [3.8, 4) is 5.75 Å². The quantitative estimate of drug-likeness (QED) is 0.787. The van der Waals surface area contributed by atoms with Gasteiger partial charge < -0.3 is 4.74 Å². The van der Waals surface area contributed by atoms with E-state index in [-0.39, 0.29) is 42.8 Å². The standard InChI is InChI=1S/C12H11ClFNO3/c13-9-7-8(14)1-2-10(9)18-6-5-15-11(16)3-4-12(15)17/h1-2,7H,3-6H2. The van der Waals surface area contributed by atoms with E-state index >= 15 is 0 Å². The minimum absolute atomic E-state index is 0.142. The van der Waals surface area contributed by atoms with Crippen molar-refractivity contribution < 1.29 is 18.7 Å². The number of likely N-dealkylation sites (tertiary alicyclic amines) is 1. The van der Waals surface area contributed by atoms with Crippen molar-refractivity contribution in [1.29, 1.82) is 0 Å². The molecule has 1 aliphatic heterocycles. The lowest BCUT2D eigenvalue weighted by molar-refractivity contribution is -0.138. The second-order valence-corrected chi connectivity index (χ2v) is 4.27. The summed E-state index contributed by atoms with van der Waals surface area (Å²) in [5.41, 5.74) is 0. The van der Waals surface area contributed by atoms with Crippen LogP contribution in [0.25, 0.3) is 0 Å². The molecule has 0 aliphatic carbocycles. The van der Waals surface area contributed by atoms with Crippen LogP contribution in [0.1, 0.15) is 12.8 Å². The number of benzene rings is 1. The summed E-state index contributed by atoms with van der Waals surface area (Å²) < 4.78 is 18.1. The van der Waals surface area contributed by atoms with E-state index in [2.05, 4.69) is 0 Å². The molecule has 18 heavy (non-hydrogen) atoms. The lowest BCUT2D eigenvalue weighted by Crippen LogP contribution is -2.33. The van der Waals surface area contributed by atoms with Gasteiger partial charge >= 0.3 is 0 Å². The second-order valence-electron chi connectivity index (χ2n) is 3.86. The van der Waals surface area contributed by atoms with Gasteiger partial charge in [-0.25, -0.2) is 4.39 Å². The smallest absolute Gasteiger partial charge is 0.229 e. The Labute approximate surface area is 108 Å². The lowest BCUT2D eigenvalue weighted by atomic mass is 10.3. The van der Waals surface area contributed by atoms with Crippen molar-refractivity contribution in [3.63, 3.8) is 0 Å². The van der Waals surface area contributed by atoms with Crippen LogP contribution in [-0.2, 0) is 9.59 Å². The highest BCUT2D eigenvalue weighted by atomic mass is 35.5. The maximum Gasteiger partial charge on any atom is 0.229 e. The minimum atomic E-state index is -0.447. The Hall–Kier alpha value is -1.62. The number of carbonyl (C=O) groups is 2. The van der Waals surface area contributed by atoms with E-state index in [1.165, 1.54) is 12.1 Å². The summed E-state index contributed by atoms with van der Waals surface area (Å²) in [7, 11) is 0. The highest BCUT2D eigenvalue weighted by molar-refractivity contribution is 6.32. The van der Waals surface area contributed by atoms with Crippen LogP contribution in [0.5, 0.6) is 5.75 Å². The first-order valence-electron chi connectivity index (χ1n) is 5.49. The van der Waals surface area contributed by atoms with Gasteiger partial charge in [-0.2, -0.15) is 0 Å². The van der Waals surface area contributed by atoms with Crippen molar-refractivity contribution in [3.05, 3.63) is 29.0 Å². The molecule has 0 N–H and O–H groups in total. The average Bonchev–Trinajstić information content (AvgIpc) is 2.63. The first-order chi connectivity index (χ1) is 8.58.